The van der Waals surface area contributed by atoms with Crippen molar-refractivity contribution in [2.45, 2.75) is 65.3 Å². The standard InChI is InChI=1S/C14H24N2O/c1-4-14(3,10-15)13(17)16-11(2)12-8-6-5-7-9-12/h11-12H,4-9H2,1-3H3,(H,16,17). The van der Waals surface area contributed by atoms with Gasteiger partial charge < -0.3 is 5.32 Å². The minimum absolute atomic E-state index is 0.111. The minimum atomic E-state index is -0.872. The second-order valence-corrected chi connectivity index (χ2v) is 5.46. The van der Waals surface area contributed by atoms with E-state index in [9.17, 15) is 4.79 Å². The Bertz CT molecular complexity index is 302. The smallest absolute Gasteiger partial charge is 0.240 e. The summed E-state index contributed by atoms with van der Waals surface area (Å²) < 4.78 is 0. The summed E-state index contributed by atoms with van der Waals surface area (Å²) in [6.07, 6.45) is 6.84. The number of carbonyl (C=O) groups is 1. The maximum Gasteiger partial charge on any atom is 0.240 e. The number of amides is 1. The molecule has 1 aliphatic carbocycles. The molecule has 2 atom stereocenters. The average molecular weight is 236 g/mol. The van der Waals surface area contributed by atoms with E-state index in [-0.39, 0.29) is 11.9 Å². The molecule has 0 aromatic heterocycles. The van der Waals surface area contributed by atoms with Crippen LogP contribution in [0.2, 0.25) is 0 Å². The van der Waals surface area contributed by atoms with Crippen LogP contribution in [0.1, 0.15) is 59.3 Å². The largest absolute Gasteiger partial charge is 0.352 e. The van der Waals surface area contributed by atoms with Crippen LogP contribution in [0.3, 0.4) is 0 Å². The van der Waals surface area contributed by atoms with Gasteiger partial charge in [-0.25, -0.2) is 0 Å². The Balaban J connectivity index is 2.53. The van der Waals surface area contributed by atoms with E-state index in [0.29, 0.717) is 12.3 Å². The second-order valence-electron chi connectivity index (χ2n) is 5.46. The molecule has 3 nitrogen and oxygen atoms in total. The van der Waals surface area contributed by atoms with Crippen molar-refractivity contribution in [3.8, 4) is 6.07 Å². The Kier molecular flexibility index (Phi) is 4.99. The molecular formula is C14H24N2O. The lowest BCUT2D eigenvalue weighted by molar-refractivity contribution is -0.128. The molecule has 1 fully saturated rings. The first kappa shape index (κ1) is 14.0. The normalized spacial score (nSPS) is 22.2. The van der Waals surface area contributed by atoms with Crippen LogP contribution in [0.5, 0.6) is 0 Å². The molecule has 1 saturated carbocycles. The zero-order chi connectivity index (χ0) is 12.9. The van der Waals surface area contributed by atoms with Gasteiger partial charge in [0.2, 0.25) is 5.91 Å². The first-order valence-corrected chi connectivity index (χ1v) is 6.75. The van der Waals surface area contributed by atoms with E-state index in [4.69, 9.17) is 5.26 Å². The minimum Gasteiger partial charge on any atom is -0.352 e. The third-order valence-electron chi connectivity index (χ3n) is 4.17. The van der Waals surface area contributed by atoms with Gasteiger partial charge in [-0.2, -0.15) is 5.26 Å². The van der Waals surface area contributed by atoms with Gasteiger partial charge in [-0.05, 0) is 39.0 Å². The summed E-state index contributed by atoms with van der Waals surface area (Å²) in [5.41, 5.74) is -0.872. The number of rotatable bonds is 4. The van der Waals surface area contributed by atoms with E-state index in [1.54, 1.807) is 6.92 Å². The van der Waals surface area contributed by atoms with Gasteiger partial charge in [0.15, 0.2) is 0 Å². The Hall–Kier alpha value is -1.04. The van der Waals surface area contributed by atoms with Crippen LogP contribution in [-0.4, -0.2) is 11.9 Å². The van der Waals surface area contributed by atoms with Crippen LogP contribution >= 0.6 is 0 Å². The van der Waals surface area contributed by atoms with E-state index in [0.717, 1.165) is 0 Å². The van der Waals surface area contributed by atoms with Crippen molar-refractivity contribution >= 4 is 5.91 Å². The summed E-state index contributed by atoms with van der Waals surface area (Å²) in [6, 6.07) is 2.32. The summed E-state index contributed by atoms with van der Waals surface area (Å²) in [6.45, 7) is 5.67. The van der Waals surface area contributed by atoms with Gasteiger partial charge in [0.05, 0.1) is 6.07 Å². The average Bonchev–Trinajstić information content (AvgIpc) is 2.38. The summed E-state index contributed by atoms with van der Waals surface area (Å²) >= 11 is 0. The Morgan fingerprint density at radius 1 is 1.47 bits per heavy atom. The summed E-state index contributed by atoms with van der Waals surface area (Å²) in [4.78, 5) is 12.0. The molecule has 0 bridgehead atoms. The van der Waals surface area contributed by atoms with E-state index >= 15 is 0 Å². The van der Waals surface area contributed by atoms with Gasteiger partial charge >= 0.3 is 0 Å². The molecule has 0 spiro atoms. The monoisotopic (exact) mass is 236 g/mol. The molecule has 0 aromatic rings. The molecule has 0 radical (unpaired) electrons. The summed E-state index contributed by atoms with van der Waals surface area (Å²) in [7, 11) is 0. The molecule has 1 aliphatic rings. The Labute approximate surface area is 105 Å². The number of nitrogens with one attached hydrogen (secondary N) is 1. The van der Waals surface area contributed by atoms with Crippen LogP contribution in [0, 0.1) is 22.7 Å². The molecule has 0 heterocycles. The highest BCUT2D eigenvalue weighted by Gasteiger charge is 2.33. The van der Waals surface area contributed by atoms with Gasteiger partial charge in [0.1, 0.15) is 5.41 Å². The molecule has 96 valence electrons. The molecule has 3 heteroatoms. The fourth-order valence-corrected chi connectivity index (χ4v) is 2.41. The second kappa shape index (κ2) is 6.05. The van der Waals surface area contributed by atoms with Gasteiger partial charge in [-0.15, -0.1) is 0 Å². The predicted molar refractivity (Wildman–Crippen MR) is 68.2 cm³/mol. The lowest BCUT2D eigenvalue weighted by Crippen LogP contribution is -2.45. The van der Waals surface area contributed by atoms with Gasteiger partial charge in [-0.1, -0.05) is 26.2 Å². The first-order chi connectivity index (χ1) is 8.03. The van der Waals surface area contributed by atoms with E-state index in [1.807, 2.05) is 6.92 Å². The van der Waals surface area contributed by atoms with Crippen molar-refractivity contribution in [2.75, 3.05) is 0 Å². The van der Waals surface area contributed by atoms with Crippen molar-refractivity contribution in [3.63, 3.8) is 0 Å². The quantitative estimate of drug-likeness (QED) is 0.815. The highest BCUT2D eigenvalue weighted by molar-refractivity contribution is 5.85. The lowest BCUT2D eigenvalue weighted by Gasteiger charge is -2.30. The van der Waals surface area contributed by atoms with E-state index in [1.165, 1.54) is 32.1 Å². The van der Waals surface area contributed by atoms with Crippen LogP contribution < -0.4 is 5.32 Å². The molecule has 1 rings (SSSR count). The maximum absolute atomic E-state index is 12.0. The van der Waals surface area contributed by atoms with Crippen molar-refractivity contribution in [2.24, 2.45) is 11.3 Å². The van der Waals surface area contributed by atoms with Gasteiger partial charge in [0, 0.05) is 6.04 Å². The fraction of sp³-hybridized carbons (Fsp3) is 0.857. The Morgan fingerprint density at radius 2 is 2.06 bits per heavy atom. The summed E-state index contributed by atoms with van der Waals surface area (Å²) in [5, 5.41) is 12.1. The Morgan fingerprint density at radius 3 is 2.53 bits per heavy atom. The highest BCUT2D eigenvalue weighted by atomic mass is 16.2. The molecule has 17 heavy (non-hydrogen) atoms. The molecule has 0 aliphatic heterocycles. The van der Waals surface area contributed by atoms with Gasteiger partial charge in [0.25, 0.3) is 0 Å². The summed E-state index contributed by atoms with van der Waals surface area (Å²) in [5.74, 6) is 0.480. The molecule has 1 amide bonds. The molecule has 2 unspecified atom stereocenters. The molecule has 1 N–H and O–H groups in total. The van der Waals surface area contributed by atoms with Crippen LogP contribution in [0.4, 0.5) is 0 Å². The van der Waals surface area contributed by atoms with Crippen LogP contribution in [-0.2, 0) is 4.79 Å². The lowest BCUT2D eigenvalue weighted by atomic mass is 9.83. The topological polar surface area (TPSA) is 52.9 Å². The van der Waals surface area contributed by atoms with Crippen molar-refractivity contribution < 1.29 is 4.79 Å². The zero-order valence-electron chi connectivity index (χ0n) is 11.3. The van der Waals surface area contributed by atoms with Gasteiger partial charge in [-0.3, -0.25) is 4.79 Å². The third-order valence-corrected chi connectivity index (χ3v) is 4.17. The first-order valence-electron chi connectivity index (χ1n) is 6.75. The van der Waals surface area contributed by atoms with E-state index in [2.05, 4.69) is 18.3 Å². The number of nitrogens with zero attached hydrogens (tertiary/aromatic N) is 1. The van der Waals surface area contributed by atoms with Crippen LogP contribution in [0.15, 0.2) is 0 Å². The van der Waals surface area contributed by atoms with Crippen LogP contribution in [0.25, 0.3) is 0 Å². The SMILES string of the molecule is CCC(C)(C#N)C(=O)NC(C)C1CCCCC1. The third kappa shape index (κ3) is 3.46. The van der Waals surface area contributed by atoms with E-state index < -0.39 is 5.41 Å². The maximum atomic E-state index is 12.0. The van der Waals surface area contributed by atoms with Crippen molar-refractivity contribution in [1.29, 1.82) is 5.26 Å². The molecule has 0 aromatic carbocycles. The number of nitriles is 1. The number of carbonyl (C=O) groups excluding carboxylic acids is 1. The predicted octanol–water partition coefficient (Wildman–Crippen LogP) is 3.01. The number of hydrogen-bond donors (Lipinski definition) is 1. The van der Waals surface area contributed by atoms with Crippen molar-refractivity contribution in [1.82, 2.24) is 5.32 Å². The fourth-order valence-electron chi connectivity index (χ4n) is 2.41. The number of hydrogen-bond acceptors (Lipinski definition) is 2. The van der Waals surface area contributed by atoms with Crippen molar-refractivity contribution in [3.05, 3.63) is 0 Å². The zero-order valence-corrected chi connectivity index (χ0v) is 11.3. The molecule has 0 saturated heterocycles. The highest BCUT2D eigenvalue weighted by Crippen LogP contribution is 2.27. The molecular weight excluding hydrogens is 212 g/mol.